The molecule has 0 saturated heterocycles. The second-order valence-corrected chi connectivity index (χ2v) is 2.69. The Bertz CT molecular complexity index is 426. The molecule has 1 heterocycles. The van der Waals surface area contributed by atoms with E-state index in [9.17, 15) is 4.39 Å². The zero-order valence-corrected chi connectivity index (χ0v) is 7.54. The monoisotopic (exact) mass is 191 g/mol. The molecule has 0 saturated carbocycles. The van der Waals surface area contributed by atoms with E-state index in [0.29, 0.717) is 17.0 Å². The first-order valence-electron chi connectivity index (χ1n) is 4.07. The van der Waals surface area contributed by atoms with Crippen LogP contribution in [0.1, 0.15) is 0 Å². The van der Waals surface area contributed by atoms with Gasteiger partial charge in [-0.15, -0.1) is 0 Å². The van der Waals surface area contributed by atoms with Crippen LogP contribution < -0.4 is 4.74 Å². The smallest absolute Gasteiger partial charge is 0.136 e. The molecule has 0 bridgehead atoms. The molecule has 14 heavy (non-hydrogen) atoms. The van der Waals surface area contributed by atoms with E-state index in [0.717, 1.165) is 0 Å². The van der Waals surface area contributed by atoms with E-state index in [-0.39, 0.29) is 5.82 Å². The molecule has 1 aromatic carbocycles. The highest BCUT2D eigenvalue weighted by molar-refractivity contribution is 5.66. The van der Waals surface area contributed by atoms with E-state index in [2.05, 4.69) is 16.2 Å². The maximum Gasteiger partial charge on any atom is 0.136 e. The van der Waals surface area contributed by atoms with Gasteiger partial charge >= 0.3 is 0 Å². The van der Waals surface area contributed by atoms with Gasteiger partial charge in [0, 0.05) is 0 Å². The van der Waals surface area contributed by atoms with Crippen LogP contribution in [-0.4, -0.2) is 17.1 Å². The number of nitrogens with one attached hydrogen (secondary N) is 1. The number of hydrogen-bond donors (Lipinski definition) is 1. The third kappa shape index (κ3) is 1.35. The van der Waals surface area contributed by atoms with Crippen molar-refractivity contribution in [3.63, 3.8) is 0 Å². The molecule has 1 N–H and O–H groups in total. The number of halogens is 1. The number of hydrogen-bond acceptors (Lipinski definition) is 2. The Labute approximate surface area is 80.6 Å². The van der Waals surface area contributed by atoms with Gasteiger partial charge in [0.1, 0.15) is 17.3 Å². The van der Waals surface area contributed by atoms with Crippen LogP contribution in [0, 0.1) is 12.0 Å². The van der Waals surface area contributed by atoms with Gasteiger partial charge in [0.2, 0.25) is 0 Å². The van der Waals surface area contributed by atoms with Crippen LogP contribution >= 0.6 is 0 Å². The number of aromatic amines is 1. The fourth-order valence-electron chi connectivity index (χ4n) is 1.26. The second-order valence-electron chi connectivity index (χ2n) is 2.69. The number of ether oxygens (including phenoxy) is 1. The van der Waals surface area contributed by atoms with Gasteiger partial charge < -0.3 is 9.72 Å². The van der Waals surface area contributed by atoms with Crippen molar-refractivity contribution in [3.8, 4) is 17.0 Å². The fraction of sp³-hybridized carbons (Fsp3) is 0.100. The maximum absolute atomic E-state index is 13.4. The maximum atomic E-state index is 13.4. The first kappa shape index (κ1) is 8.74. The molecule has 0 amide bonds. The molecule has 0 aliphatic heterocycles. The number of aromatic nitrogens is 2. The van der Waals surface area contributed by atoms with E-state index in [1.165, 1.54) is 19.5 Å². The molecule has 2 rings (SSSR count). The van der Waals surface area contributed by atoms with Crippen LogP contribution in [0.3, 0.4) is 0 Å². The predicted octanol–water partition coefficient (Wildman–Crippen LogP) is 2.02. The Hall–Kier alpha value is -1.84. The SMILES string of the molecule is COc1cccc(F)c1-c1[c][nH]cn1. The zero-order chi connectivity index (χ0) is 9.97. The van der Waals surface area contributed by atoms with E-state index in [4.69, 9.17) is 4.74 Å². The van der Waals surface area contributed by atoms with Crippen molar-refractivity contribution in [2.45, 2.75) is 0 Å². The van der Waals surface area contributed by atoms with Crippen molar-refractivity contribution in [2.24, 2.45) is 0 Å². The van der Waals surface area contributed by atoms with E-state index >= 15 is 0 Å². The van der Waals surface area contributed by atoms with Crippen LogP contribution in [0.15, 0.2) is 24.5 Å². The minimum atomic E-state index is -0.368. The average molecular weight is 191 g/mol. The summed E-state index contributed by atoms with van der Waals surface area (Å²) in [6, 6.07) is 4.63. The third-order valence-corrected chi connectivity index (χ3v) is 1.88. The number of nitrogens with zero attached hydrogens (tertiary/aromatic N) is 1. The highest BCUT2D eigenvalue weighted by Crippen LogP contribution is 2.30. The summed E-state index contributed by atoms with van der Waals surface area (Å²) in [6.45, 7) is 0. The zero-order valence-electron chi connectivity index (χ0n) is 7.54. The predicted molar refractivity (Wildman–Crippen MR) is 49.4 cm³/mol. The molecule has 0 fully saturated rings. The Kier molecular flexibility index (Phi) is 2.18. The summed E-state index contributed by atoms with van der Waals surface area (Å²) in [4.78, 5) is 6.57. The minimum absolute atomic E-state index is 0.330. The third-order valence-electron chi connectivity index (χ3n) is 1.88. The molecule has 0 aliphatic carbocycles. The lowest BCUT2D eigenvalue weighted by Gasteiger charge is -2.05. The van der Waals surface area contributed by atoms with Crippen molar-refractivity contribution < 1.29 is 9.13 Å². The van der Waals surface area contributed by atoms with Gasteiger partial charge in [-0.05, 0) is 12.1 Å². The lowest BCUT2D eigenvalue weighted by molar-refractivity contribution is 0.413. The summed E-state index contributed by atoms with van der Waals surface area (Å²) < 4.78 is 18.5. The molecular formula is C10H8FN2O. The van der Waals surface area contributed by atoms with Crippen LogP contribution in [0.5, 0.6) is 5.75 Å². The van der Waals surface area contributed by atoms with Gasteiger partial charge in [-0.2, -0.15) is 0 Å². The van der Waals surface area contributed by atoms with Crippen molar-refractivity contribution in [1.29, 1.82) is 0 Å². The van der Waals surface area contributed by atoms with Gasteiger partial charge in [-0.3, -0.25) is 0 Å². The lowest BCUT2D eigenvalue weighted by atomic mass is 10.1. The van der Waals surface area contributed by atoms with E-state index in [1.807, 2.05) is 0 Å². The fourth-order valence-corrected chi connectivity index (χ4v) is 1.26. The highest BCUT2D eigenvalue weighted by atomic mass is 19.1. The molecule has 4 heteroatoms. The number of H-pyrrole nitrogens is 1. The van der Waals surface area contributed by atoms with Crippen LogP contribution in [0.25, 0.3) is 11.3 Å². The number of methoxy groups -OCH3 is 1. The summed E-state index contributed by atoms with van der Waals surface area (Å²) >= 11 is 0. The number of benzene rings is 1. The molecule has 0 aliphatic rings. The van der Waals surface area contributed by atoms with E-state index < -0.39 is 0 Å². The van der Waals surface area contributed by atoms with Crippen molar-refractivity contribution >= 4 is 0 Å². The van der Waals surface area contributed by atoms with Crippen molar-refractivity contribution in [3.05, 3.63) is 36.5 Å². The Balaban J connectivity index is 2.61. The van der Waals surface area contributed by atoms with Gasteiger partial charge in [0.05, 0.1) is 25.2 Å². The normalized spacial score (nSPS) is 10.1. The summed E-state index contributed by atoms with van der Waals surface area (Å²) in [6.07, 6.45) is 4.16. The molecule has 0 spiro atoms. The molecule has 0 unspecified atom stereocenters. The molecule has 0 atom stereocenters. The summed E-state index contributed by atoms with van der Waals surface area (Å²) in [5.74, 6) is 0.0843. The second kappa shape index (κ2) is 3.49. The molecule has 2 aromatic rings. The number of rotatable bonds is 2. The molecule has 71 valence electrons. The Morgan fingerprint density at radius 2 is 2.36 bits per heavy atom. The van der Waals surface area contributed by atoms with Crippen LogP contribution in [0.2, 0.25) is 0 Å². The Morgan fingerprint density at radius 1 is 1.50 bits per heavy atom. The summed E-state index contributed by atoms with van der Waals surface area (Å²) in [5, 5.41) is 0. The van der Waals surface area contributed by atoms with Crippen LogP contribution in [0.4, 0.5) is 4.39 Å². The molecular weight excluding hydrogens is 183 g/mol. The quantitative estimate of drug-likeness (QED) is 0.788. The standard InChI is InChI=1S/C10H8FN2O/c1-14-9-4-2-3-7(11)10(9)8-5-12-6-13-8/h2-4,6H,1H3,(H,12,13). The number of imidazole rings is 1. The van der Waals surface area contributed by atoms with Crippen molar-refractivity contribution in [2.75, 3.05) is 7.11 Å². The van der Waals surface area contributed by atoms with Gasteiger partial charge in [0.15, 0.2) is 0 Å². The van der Waals surface area contributed by atoms with Crippen LogP contribution in [-0.2, 0) is 0 Å². The first-order valence-corrected chi connectivity index (χ1v) is 4.07. The minimum Gasteiger partial charge on any atom is -0.496 e. The largest absolute Gasteiger partial charge is 0.496 e. The first-order chi connectivity index (χ1) is 6.83. The molecule has 1 radical (unpaired) electrons. The highest BCUT2D eigenvalue weighted by Gasteiger charge is 2.12. The van der Waals surface area contributed by atoms with Gasteiger partial charge in [-0.25, -0.2) is 9.37 Å². The summed E-state index contributed by atoms with van der Waals surface area (Å²) in [5.41, 5.74) is 0.746. The lowest BCUT2D eigenvalue weighted by Crippen LogP contribution is -1.91. The van der Waals surface area contributed by atoms with Crippen molar-refractivity contribution in [1.82, 2.24) is 9.97 Å². The summed E-state index contributed by atoms with van der Waals surface area (Å²) in [7, 11) is 1.49. The Morgan fingerprint density at radius 3 is 3.00 bits per heavy atom. The molecule has 3 nitrogen and oxygen atoms in total. The van der Waals surface area contributed by atoms with Gasteiger partial charge in [0.25, 0.3) is 0 Å². The molecule has 1 aromatic heterocycles. The van der Waals surface area contributed by atoms with Gasteiger partial charge in [-0.1, -0.05) is 6.07 Å². The topological polar surface area (TPSA) is 37.9 Å². The van der Waals surface area contributed by atoms with E-state index in [1.54, 1.807) is 12.1 Å². The average Bonchev–Trinajstić information content (AvgIpc) is 2.70.